The van der Waals surface area contributed by atoms with Gasteiger partial charge in [-0.15, -0.1) is 0 Å². The predicted molar refractivity (Wildman–Crippen MR) is 112 cm³/mol. The minimum atomic E-state index is -0.359. The van der Waals surface area contributed by atoms with E-state index in [1.165, 1.54) is 13.2 Å². The Morgan fingerprint density at radius 3 is 2.45 bits per heavy atom. The van der Waals surface area contributed by atoms with Gasteiger partial charge in [0.25, 0.3) is 0 Å². The molecule has 29 heavy (non-hydrogen) atoms. The summed E-state index contributed by atoms with van der Waals surface area (Å²) in [7, 11) is 1.53. The van der Waals surface area contributed by atoms with Gasteiger partial charge in [-0.1, -0.05) is 24.3 Å². The second kappa shape index (κ2) is 7.76. The molecule has 1 aliphatic rings. The average Bonchev–Trinajstić information content (AvgIpc) is 2.74. The minimum absolute atomic E-state index is 0.0880. The molecule has 3 aromatic carbocycles. The first kappa shape index (κ1) is 19.3. The molecule has 0 aromatic heterocycles. The lowest BCUT2D eigenvalue weighted by atomic mass is 9.90. The van der Waals surface area contributed by atoms with Crippen LogP contribution in [0.4, 0.5) is 4.39 Å². The van der Waals surface area contributed by atoms with Gasteiger partial charge in [-0.25, -0.2) is 4.39 Å². The molecule has 0 bridgehead atoms. The first-order valence-corrected chi connectivity index (χ1v) is 9.61. The summed E-state index contributed by atoms with van der Waals surface area (Å²) in [6.07, 6.45) is 0. The molecular weight excluding hydrogens is 369 g/mol. The fourth-order valence-corrected chi connectivity index (χ4v) is 3.93. The molecule has 0 fully saturated rings. The fourth-order valence-electron chi connectivity index (χ4n) is 3.93. The van der Waals surface area contributed by atoms with E-state index >= 15 is 0 Å². The summed E-state index contributed by atoms with van der Waals surface area (Å²) in [4.78, 5) is 0. The SMILES string of the molecule is COc1cc(-c2cccc(-c3ccc4c(c3C)OCCO4)c2C)cc(F)c1CN. The molecule has 0 saturated heterocycles. The van der Waals surface area contributed by atoms with Gasteiger partial charge in [0, 0.05) is 17.7 Å². The highest BCUT2D eigenvalue weighted by atomic mass is 19.1. The Balaban J connectivity index is 1.85. The van der Waals surface area contributed by atoms with Crippen LogP contribution in [0.5, 0.6) is 17.2 Å². The van der Waals surface area contributed by atoms with Crippen LogP contribution in [0, 0.1) is 19.7 Å². The summed E-state index contributed by atoms with van der Waals surface area (Å²) >= 11 is 0. The van der Waals surface area contributed by atoms with E-state index in [1.807, 2.05) is 44.2 Å². The summed E-state index contributed by atoms with van der Waals surface area (Å²) in [5, 5.41) is 0. The Kier molecular flexibility index (Phi) is 5.16. The van der Waals surface area contributed by atoms with E-state index in [1.54, 1.807) is 0 Å². The van der Waals surface area contributed by atoms with Crippen LogP contribution in [0.2, 0.25) is 0 Å². The van der Waals surface area contributed by atoms with Crippen LogP contribution in [0.15, 0.2) is 42.5 Å². The Morgan fingerprint density at radius 2 is 1.69 bits per heavy atom. The van der Waals surface area contributed by atoms with Crippen LogP contribution in [0.1, 0.15) is 16.7 Å². The zero-order valence-corrected chi connectivity index (χ0v) is 16.8. The minimum Gasteiger partial charge on any atom is -0.496 e. The second-order valence-corrected chi connectivity index (χ2v) is 7.08. The molecule has 0 unspecified atom stereocenters. The monoisotopic (exact) mass is 393 g/mol. The van der Waals surface area contributed by atoms with Crippen LogP contribution >= 0.6 is 0 Å². The molecule has 0 spiro atoms. The topological polar surface area (TPSA) is 53.7 Å². The van der Waals surface area contributed by atoms with Crippen molar-refractivity contribution >= 4 is 0 Å². The Bertz CT molecular complexity index is 1080. The van der Waals surface area contributed by atoms with Gasteiger partial charge in [0.1, 0.15) is 24.8 Å². The highest BCUT2D eigenvalue weighted by Crippen LogP contribution is 2.42. The number of rotatable bonds is 4. The largest absolute Gasteiger partial charge is 0.496 e. The second-order valence-electron chi connectivity index (χ2n) is 7.08. The van der Waals surface area contributed by atoms with Gasteiger partial charge < -0.3 is 19.9 Å². The van der Waals surface area contributed by atoms with Gasteiger partial charge in [-0.2, -0.15) is 0 Å². The summed E-state index contributed by atoms with van der Waals surface area (Å²) in [6, 6.07) is 13.4. The molecule has 0 amide bonds. The van der Waals surface area contributed by atoms with Crippen molar-refractivity contribution in [3.05, 3.63) is 65.0 Å². The summed E-state index contributed by atoms with van der Waals surface area (Å²) < 4.78 is 31.5. The first-order chi connectivity index (χ1) is 14.0. The number of hydrogen-bond donors (Lipinski definition) is 1. The normalized spacial score (nSPS) is 12.7. The summed E-state index contributed by atoms with van der Waals surface area (Å²) in [6.45, 7) is 5.27. The standard InChI is InChI=1S/C24H24FNO3/c1-14-17(16-11-21(25)20(13-26)23(12-16)27-3)5-4-6-18(14)19-7-8-22-24(15(19)2)29-10-9-28-22/h4-8,11-12H,9-10,13,26H2,1-3H3. The van der Waals surface area contributed by atoms with Gasteiger partial charge >= 0.3 is 0 Å². The highest BCUT2D eigenvalue weighted by molar-refractivity contribution is 5.82. The van der Waals surface area contributed by atoms with Crippen molar-refractivity contribution in [3.8, 4) is 39.5 Å². The molecule has 3 aromatic rings. The van der Waals surface area contributed by atoms with Gasteiger partial charge in [-0.3, -0.25) is 0 Å². The van der Waals surface area contributed by atoms with Crippen molar-refractivity contribution in [1.29, 1.82) is 0 Å². The van der Waals surface area contributed by atoms with Crippen molar-refractivity contribution in [1.82, 2.24) is 0 Å². The predicted octanol–water partition coefficient (Wildman–Crippen LogP) is 5.02. The van der Waals surface area contributed by atoms with Crippen molar-refractivity contribution in [2.45, 2.75) is 20.4 Å². The zero-order valence-electron chi connectivity index (χ0n) is 16.8. The number of fused-ring (bicyclic) bond motifs is 1. The number of methoxy groups -OCH3 is 1. The molecule has 0 saturated carbocycles. The molecule has 1 heterocycles. The number of ether oxygens (including phenoxy) is 3. The van der Waals surface area contributed by atoms with Crippen LogP contribution in [0.25, 0.3) is 22.3 Å². The number of benzene rings is 3. The molecule has 0 atom stereocenters. The molecule has 2 N–H and O–H groups in total. The van der Waals surface area contributed by atoms with E-state index in [9.17, 15) is 4.39 Å². The molecule has 0 radical (unpaired) electrons. The van der Waals surface area contributed by atoms with Crippen molar-refractivity contribution < 1.29 is 18.6 Å². The maximum atomic E-state index is 14.6. The van der Waals surface area contributed by atoms with E-state index < -0.39 is 0 Å². The highest BCUT2D eigenvalue weighted by Gasteiger charge is 2.19. The maximum absolute atomic E-state index is 14.6. The summed E-state index contributed by atoms with van der Waals surface area (Å²) in [5.41, 5.74) is 12.0. The van der Waals surface area contributed by atoms with Crippen molar-refractivity contribution in [2.75, 3.05) is 20.3 Å². The van der Waals surface area contributed by atoms with Crippen LogP contribution in [-0.2, 0) is 6.54 Å². The molecule has 1 aliphatic heterocycles. The number of hydrogen-bond acceptors (Lipinski definition) is 4. The zero-order chi connectivity index (χ0) is 20.5. The Morgan fingerprint density at radius 1 is 0.966 bits per heavy atom. The van der Waals surface area contributed by atoms with Gasteiger partial charge in [0.15, 0.2) is 11.5 Å². The Labute approximate surface area is 170 Å². The number of nitrogens with two attached hydrogens (primary N) is 1. The van der Waals surface area contributed by atoms with E-state index in [0.29, 0.717) is 24.5 Å². The van der Waals surface area contributed by atoms with E-state index in [0.717, 1.165) is 44.9 Å². The third-order valence-corrected chi connectivity index (χ3v) is 5.47. The lowest BCUT2D eigenvalue weighted by molar-refractivity contribution is 0.170. The molecule has 0 aliphatic carbocycles. The maximum Gasteiger partial charge on any atom is 0.164 e. The molecular formula is C24H24FNO3. The van der Waals surface area contributed by atoms with Crippen LogP contribution < -0.4 is 19.9 Å². The van der Waals surface area contributed by atoms with Gasteiger partial charge in [0.05, 0.1) is 7.11 Å². The van der Waals surface area contributed by atoms with Crippen LogP contribution in [0.3, 0.4) is 0 Å². The van der Waals surface area contributed by atoms with Crippen molar-refractivity contribution in [3.63, 3.8) is 0 Å². The number of halogens is 1. The van der Waals surface area contributed by atoms with Crippen LogP contribution in [-0.4, -0.2) is 20.3 Å². The van der Waals surface area contributed by atoms with Crippen molar-refractivity contribution in [2.24, 2.45) is 5.73 Å². The van der Waals surface area contributed by atoms with E-state index in [-0.39, 0.29) is 12.4 Å². The fraction of sp³-hybridized carbons (Fsp3) is 0.250. The molecule has 4 nitrogen and oxygen atoms in total. The average molecular weight is 393 g/mol. The summed E-state index contributed by atoms with van der Waals surface area (Å²) in [5.74, 6) is 1.67. The van der Waals surface area contributed by atoms with Gasteiger partial charge in [0.2, 0.25) is 0 Å². The van der Waals surface area contributed by atoms with E-state index in [2.05, 4.69) is 6.07 Å². The molecule has 4 rings (SSSR count). The molecule has 150 valence electrons. The van der Waals surface area contributed by atoms with E-state index in [4.69, 9.17) is 19.9 Å². The van der Waals surface area contributed by atoms with Gasteiger partial charge in [-0.05, 0) is 59.9 Å². The Hall–Kier alpha value is -3.05. The first-order valence-electron chi connectivity index (χ1n) is 9.61. The molecule has 5 heteroatoms. The third kappa shape index (κ3) is 3.32. The quantitative estimate of drug-likeness (QED) is 0.677. The third-order valence-electron chi connectivity index (χ3n) is 5.47. The lowest BCUT2D eigenvalue weighted by Crippen LogP contribution is -2.16. The lowest BCUT2D eigenvalue weighted by Gasteiger charge is -2.23. The smallest absolute Gasteiger partial charge is 0.164 e.